The van der Waals surface area contributed by atoms with E-state index in [0.717, 1.165) is 35.9 Å². The van der Waals surface area contributed by atoms with Gasteiger partial charge in [-0.15, -0.1) is 0 Å². The van der Waals surface area contributed by atoms with Gasteiger partial charge in [-0.05, 0) is 87.7 Å². The number of aliphatic hydroxyl groups is 2. The van der Waals surface area contributed by atoms with E-state index in [1.807, 2.05) is 24.3 Å². The molecule has 1 heterocycles. The van der Waals surface area contributed by atoms with Crippen LogP contribution in [0.1, 0.15) is 73.0 Å². The lowest BCUT2D eigenvalue weighted by molar-refractivity contribution is -0.137. The topological polar surface area (TPSA) is 111 Å². The molecule has 212 valence electrons. The van der Waals surface area contributed by atoms with Gasteiger partial charge in [-0.3, -0.25) is 9.59 Å². The van der Waals surface area contributed by atoms with Gasteiger partial charge in [0.05, 0.1) is 28.8 Å². The Morgan fingerprint density at radius 2 is 1.69 bits per heavy atom. The quantitative estimate of drug-likeness (QED) is 0.364. The molecule has 2 fully saturated rings. The molecule has 1 saturated heterocycles. The lowest BCUT2D eigenvalue weighted by atomic mass is 9.68. The van der Waals surface area contributed by atoms with Crippen molar-refractivity contribution in [3.8, 4) is 0 Å². The summed E-state index contributed by atoms with van der Waals surface area (Å²) in [5.41, 5.74) is -2.03. The molecule has 0 bridgehead atoms. The molecule has 0 unspecified atom stereocenters. The molecule has 2 amide bonds. The van der Waals surface area contributed by atoms with Crippen molar-refractivity contribution in [2.75, 3.05) is 19.6 Å². The van der Waals surface area contributed by atoms with Gasteiger partial charge < -0.3 is 26.2 Å². The van der Waals surface area contributed by atoms with Crippen molar-refractivity contribution in [2.24, 2.45) is 5.92 Å². The Morgan fingerprint density at radius 1 is 1.03 bits per heavy atom. The Morgan fingerprint density at radius 3 is 2.26 bits per heavy atom. The molecular weight excluding hydrogens is 511 g/mol. The number of carbonyl (C=O) groups is 2. The third-order valence-corrected chi connectivity index (χ3v) is 8.16. The average molecular weight is 548 g/mol. The summed E-state index contributed by atoms with van der Waals surface area (Å²) in [4.78, 5) is 25.3. The first kappa shape index (κ1) is 29.0. The highest BCUT2D eigenvalue weighted by Crippen LogP contribution is 2.44. The molecule has 1 aliphatic heterocycles. The van der Waals surface area contributed by atoms with Crippen LogP contribution in [0.3, 0.4) is 0 Å². The largest absolute Gasteiger partial charge is 0.416 e. The third-order valence-electron chi connectivity index (χ3n) is 8.16. The zero-order valence-corrected chi connectivity index (χ0v) is 22.2. The molecule has 1 atom stereocenters. The molecule has 2 aromatic rings. The Labute approximate surface area is 226 Å². The molecule has 0 spiro atoms. The molecule has 0 aromatic heterocycles. The van der Waals surface area contributed by atoms with E-state index in [0.29, 0.717) is 38.6 Å². The number of rotatable bonds is 7. The van der Waals surface area contributed by atoms with Gasteiger partial charge in [0, 0.05) is 12.1 Å². The van der Waals surface area contributed by atoms with Crippen molar-refractivity contribution in [3.05, 3.63) is 70.8 Å². The highest BCUT2D eigenvalue weighted by molar-refractivity contribution is 5.96. The van der Waals surface area contributed by atoms with E-state index in [2.05, 4.69) is 16.0 Å². The minimum Gasteiger partial charge on any atom is -0.386 e. The first-order valence-corrected chi connectivity index (χ1v) is 13.2. The number of halogens is 3. The van der Waals surface area contributed by atoms with E-state index in [1.165, 1.54) is 6.07 Å². The van der Waals surface area contributed by atoms with Crippen LogP contribution in [0.2, 0.25) is 0 Å². The number of benzene rings is 2. The van der Waals surface area contributed by atoms with E-state index < -0.39 is 40.3 Å². The molecule has 7 nitrogen and oxygen atoms in total. The second kappa shape index (κ2) is 10.9. The molecule has 2 aromatic carbocycles. The summed E-state index contributed by atoms with van der Waals surface area (Å²) in [5, 5.41) is 30.4. The number of nitrogens with one attached hydrogen (secondary N) is 3. The van der Waals surface area contributed by atoms with Gasteiger partial charge >= 0.3 is 6.18 Å². The van der Waals surface area contributed by atoms with Crippen molar-refractivity contribution in [2.45, 2.75) is 68.9 Å². The highest BCUT2D eigenvalue weighted by atomic mass is 19.4. The Kier molecular flexibility index (Phi) is 8.12. The van der Waals surface area contributed by atoms with Crippen LogP contribution in [-0.4, -0.2) is 47.2 Å². The smallest absolute Gasteiger partial charge is 0.386 e. The predicted octanol–water partition coefficient (Wildman–Crippen LogP) is 3.59. The maximum atomic E-state index is 13.0. The maximum Gasteiger partial charge on any atom is 0.416 e. The van der Waals surface area contributed by atoms with Crippen molar-refractivity contribution in [1.29, 1.82) is 0 Å². The molecule has 10 heteroatoms. The minimum absolute atomic E-state index is 0.103. The molecule has 5 N–H and O–H groups in total. The van der Waals surface area contributed by atoms with E-state index in [4.69, 9.17) is 0 Å². The van der Waals surface area contributed by atoms with Gasteiger partial charge in [0.1, 0.15) is 0 Å². The normalized spacial score (nSPS) is 25.8. The molecule has 1 saturated carbocycles. The third kappa shape index (κ3) is 6.62. The Balaban J connectivity index is 1.36. The summed E-state index contributed by atoms with van der Waals surface area (Å²) >= 11 is 0. The zero-order chi connectivity index (χ0) is 28.5. The fourth-order valence-corrected chi connectivity index (χ4v) is 5.81. The number of amides is 2. The number of carbonyl (C=O) groups excluding carboxylic acids is 2. The number of alkyl halides is 3. The number of hydrogen-bond donors (Lipinski definition) is 5. The molecule has 0 radical (unpaired) electrons. The summed E-state index contributed by atoms with van der Waals surface area (Å²) in [6.45, 7) is 4.34. The SMILES string of the molecule is CC(C)(O)c1ccc(C2(O)CCC([C@]3(NC(=O)CNC(=O)c4cccc(C(F)(F)F)c4)CCNC3)CC2)cc1. The van der Waals surface area contributed by atoms with Crippen LogP contribution in [0.5, 0.6) is 0 Å². The maximum absolute atomic E-state index is 13.0. The fourth-order valence-electron chi connectivity index (χ4n) is 5.81. The summed E-state index contributed by atoms with van der Waals surface area (Å²) in [7, 11) is 0. The second-order valence-electron chi connectivity index (χ2n) is 11.3. The molecule has 2 aliphatic rings. The average Bonchev–Trinajstić information content (AvgIpc) is 3.36. The lowest BCUT2D eigenvalue weighted by Crippen LogP contribution is -2.58. The first-order chi connectivity index (χ1) is 18.2. The van der Waals surface area contributed by atoms with Crippen LogP contribution in [0.15, 0.2) is 48.5 Å². The summed E-state index contributed by atoms with van der Waals surface area (Å²) < 4.78 is 38.9. The zero-order valence-electron chi connectivity index (χ0n) is 22.2. The minimum atomic E-state index is -4.57. The van der Waals surface area contributed by atoms with Crippen LogP contribution in [0.25, 0.3) is 0 Å². The Bertz CT molecular complexity index is 1180. The molecule has 1 aliphatic carbocycles. The molecule has 4 rings (SSSR count). The summed E-state index contributed by atoms with van der Waals surface area (Å²) in [6.07, 6.45) is -1.47. The van der Waals surface area contributed by atoms with Crippen molar-refractivity contribution >= 4 is 11.8 Å². The van der Waals surface area contributed by atoms with Crippen molar-refractivity contribution < 1.29 is 33.0 Å². The highest BCUT2D eigenvalue weighted by Gasteiger charge is 2.46. The van der Waals surface area contributed by atoms with Gasteiger partial charge in [0.15, 0.2) is 0 Å². The van der Waals surface area contributed by atoms with Gasteiger partial charge in [-0.1, -0.05) is 30.3 Å². The van der Waals surface area contributed by atoms with Crippen LogP contribution in [-0.2, 0) is 22.2 Å². The summed E-state index contributed by atoms with van der Waals surface area (Å²) in [6, 6.07) is 11.4. The van der Waals surface area contributed by atoms with Crippen LogP contribution < -0.4 is 16.0 Å². The first-order valence-electron chi connectivity index (χ1n) is 13.2. The second-order valence-corrected chi connectivity index (χ2v) is 11.3. The van der Waals surface area contributed by atoms with Crippen molar-refractivity contribution in [1.82, 2.24) is 16.0 Å². The van der Waals surface area contributed by atoms with Gasteiger partial charge in [-0.2, -0.15) is 13.2 Å². The monoisotopic (exact) mass is 547 g/mol. The van der Waals surface area contributed by atoms with Crippen LogP contribution >= 0.6 is 0 Å². The van der Waals surface area contributed by atoms with E-state index in [1.54, 1.807) is 13.8 Å². The van der Waals surface area contributed by atoms with Gasteiger partial charge in [0.25, 0.3) is 5.91 Å². The van der Waals surface area contributed by atoms with E-state index >= 15 is 0 Å². The van der Waals surface area contributed by atoms with Crippen molar-refractivity contribution in [3.63, 3.8) is 0 Å². The lowest BCUT2D eigenvalue weighted by Gasteiger charge is -2.44. The number of hydrogen-bond acceptors (Lipinski definition) is 5. The fraction of sp³-hybridized carbons (Fsp3) is 0.517. The molecule has 39 heavy (non-hydrogen) atoms. The van der Waals surface area contributed by atoms with Crippen LogP contribution in [0.4, 0.5) is 13.2 Å². The standard InChI is InChI=1S/C29H36F3N3O4/c1-26(2,38)20-6-8-22(9-7-20)28(39)12-10-21(11-13-28)27(14-15-33-18-27)35-24(36)17-34-25(37)19-4-3-5-23(16-19)29(30,31)32/h3-9,16,21,33,38-39H,10-15,17-18H2,1-2H3,(H,34,37)(H,35,36)/t21?,27-,28?/m0/s1. The Hall–Kier alpha value is -2.95. The van der Waals surface area contributed by atoms with Crippen LogP contribution in [0, 0.1) is 5.92 Å². The van der Waals surface area contributed by atoms with E-state index in [-0.39, 0.29) is 18.0 Å². The van der Waals surface area contributed by atoms with E-state index in [9.17, 15) is 33.0 Å². The van der Waals surface area contributed by atoms with Gasteiger partial charge in [0.2, 0.25) is 5.91 Å². The predicted molar refractivity (Wildman–Crippen MR) is 140 cm³/mol. The van der Waals surface area contributed by atoms with Gasteiger partial charge in [-0.25, -0.2) is 0 Å². The summed E-state index contributed by atoms with van der Waals surface area (Å²) in [5.74, 6) is -1.07. The molecular formula is C29H36F3N3O4.